The van der Waals surface area contributed by atoms with Gasteiger partial charge in [-0.25, -0.2) is 4.98 Å². The van der Waals surface area contributed by atoms with Crippen molar-refractivity contribution in [3.05, 3.63) is 40.7 Å². The van der Waals surface area contributed by atoms with E-state index in [0.29, 0.717) is 28.6 Å². The second kappa shape index (κ2) is 8.00. The molecule has 3 N–H and O–H groups in total. The molecule has 0 aliphatic heterocycles. The van der Waals surface area contributed by atoms with Crippen LogP contribution in [0.5, 0.6) is 0 Å². The highest BCUT2D eigenvalue weighted by molar-refractivity contribution is 5.86. The van der Waals surface area contributed by atoms with Gasteiger partial charge in [-0.15, -0.1) is 0 Å². The van der Waals surface area contributed by atoms with E-state index in [1.54, 1.807) is 18.5 Å². The van der Waals surface area contributed by atoms with E-state index in [9.17, 15) is 15.2 Å². The lowest BCUT2D eigenvalue weighted by Gasteiger charge is -2.26. The second-order valence-electron chi connectivity index (χ2n) is 7.18. The Morgan fingerprint density at radius 1 is 1.21 bits per heavy atom. The molecule has 1 saturated carbocycles. The van der Waals surface area contributed by atoms with Crippen LogP contribution in [0.3, 0.4) is 0 Å². The molecule has 0 amide bonds. The number of anilines is 3. The van der Waals surface area contributed by atoms with Crippen molar-refractivity contribution < 1.29 is 10.0 Å². The van der Waals surface area contributed by atoms with E-state index >= 15 is 0 Å². The number of hydrogen-bond donors (Lipinski definition) is 3. The SMILES string of the molecule is CCn1cnc2c(Nc3ccc([N+](=O)[O-])cc3)nc(NC3CCC(O)CC3)nc21. The molecular formula is C19H23N7O3. The van der Waals surface area contributed by atoms with Gasteiger partial charge in [0.2, 0.25) is 5.95 Å². The molecule has 1 fully saturated rings. The van der Waals surface area contributed by atoms with Gasteiger partial charge in [0.15, 0.2) is 17.0 Å². The van der Waals surface area contributed by atoms with Crippen LogP contribution in [0.25, 0.3) is 11.2 Å². The summed E-state index contributed by atoms with van der Waals surface area (Å²) in [6, 6.07) is 6.37. The summed E-state index contributed by atoms with van der Waals surface area (Å²) in [4.78, 5) is 24.1. The number of benzene rings is 1. The molecule has 2 aromatic heterocycles. The fourth-order valence-electron chi connectivity index (χ4n) is 3.53. The Balaban J connectivity index is 1.64. The number of nitrogens with one attached hydrogen (secondary N) is 2. The summed E-state index contributed by atoms with van der Waals surface area (Å²) in [5, 5.41) is 27.2. The Morgan fingerprint density at radius 3 is 2.59 bits per heavy atom. The largest absolute Gasteiger partial charge is 0.393 e. The molecule has 0 unspecified atom stereocenters. The van der Waals surface area contributed by atoms with Gasteiger partial charge in [0, 0.05) is 30.4 Å². The summed E-state index contributed by atoms with van der Waals surface area (Å²) < 4.78 is 1.94. The monoisotopic (exact) mass is 397 g/mol. The van der Waals surface area contributed by atoms with Crippen LogP contribution >= 0.6 is 0 Å². The maximum atomic E-state index is 10.9. The number of aliphatic hydroxyl groups is 1. The van der Waals surface area contributed by atoms with E-state index < -0.39 is 4.92 Å². The number of non-ortho nitro benzene ring substituents is 1. The summed E-state index contributed by atoms with van der Waals surface area (Å²) in [7, 11) is 0. The zero-order valence-electron chi connectivity index (χ0n) is 16.1. The molecule has 10 nitrogen and oxygen atoms in total. The van der Waals surface area contributed by atoms with Gasteiger partial charge in [-0.1, -0.05) is 0 Å². The van der Waals surface area contributed by atoms with Crippen molar-refractivity contribution in [1.29, 1.82) is 0 Å². The van der Waals surface area contributed by atoms with Crippen LogP contribution in [0, 0.1) is 10.1 Å². The summed E-state index contributed by atoms with van der Waals surface area (Å²) in [6.45, 7) is 2.74. The van der Waals surface area contributed by atoms with E-state index in [0.717, 1.165) is 32.2 Å². The molecule has 1 aliphatic rings. The standard InChI is InChI=1S/C19H23N7O3/c1-2-25-11-20-16-17(21-12-3-7-14(8-4-12)26(28)29)23-19(24-18(16)25)22-13-5-9-15(27)10-6-13/h3-4,7-8,11,13,15,27H,2,5-6,9-10H2,1H3,(H2,21,22,23,24). The van der Waals surface area contributed by atoms with Crippen LogP contribution in [0.2, 0.25) is 0 Å². The summed E-state index contributed by atoms with van der Waals surface area (Å²) in [5.74, 6) is 1.04. The lowest BCUT2D eigenvalue weighted by atomic mass is 9.93. The number of hydrogen-bond acceptors (Lipinski definition) is 8. The maximum absolute atomic E-state index is 10.9. The molecule has 152 valence electrons. The fourth-order valence-corrected chi connectivity index (χ4v) is 3.53. The second-order valence-corrected chi connectivity index (χ2v) is 7.18. The zero-order chi connectivity index (χ0) is 20.4. The number of nitro benzene ring substituents is 1. The minimum atomic E-state index is -0.432. The first-order valence-corrected chi connectivity index (χ1v) is 9.72. The topological polar surface area (TPSA) is 131 Å². The molecule has 1 aliphatic carbocycles. The number of nitrogens with zero attached hydrogens (tertiary/aromatic N) is 5. The number of aromatic nitrogens is 4. The van der Waals surface area contributed by atoms with Crippen molar-refractivity contribution in [2.45, 2.75) is 51.3 Å². The van der Waals surface area contributed by atoms with Crippen molar-refractivity contribution in [3.63, 3.8) is 0 Å². The molecule has 4 rings (SSSR count). The predicted molar refractivity (Wildman–Crippen MR) is 109 cm³/mol. The predicted octanol–water partition coefficient (Wildman–Crippen LogP) is 3.21. The molecule has 0 bridgehead atoms. The van der Waals surface area contributed by atoms with Gasteiger partial charge in [-0.05, 0) is 44.7 Å². The molecule has 0 saturated heterocycles. The summed E-state index contributed by atoms with van der Waals surface area (Å²) >= 11 is 0. The molecular weight excluding hydrogens is 374 g/mol. The number of aliphatic hydroxyl groups excluding tert-OH is 1. The molecule has 10 heteroatoms. The van der Waals surface area contributed by atoms with Crippen LogP contribution in [0.1, 0.15) is 32.6 Å². The molecule has 0 radical (unpaired) electrons. The fraction of sp³-hybridized carbons (Fsp3) is 0.421. The first kappa shape index (κ1) is 19.1. The summed E-state index contributed by atoms with van der Waals surface area (Å²) in [6.07, 6.45) is 4.75. The normalized spacial score (nSPS) is 19.2. The first-order valence-electron chi connectivity index (χ1n) is 9.72. The van der Waals surface area contributed by atoms with Crippen molar-refractivity contribution in [3.8, 4) is 0 Å². The number of aryl methyl sites for hydroxylation is 1. The van der Waals surface area contributed by atoms with Crippen LogP contribution < -0.4 is 10.6 Å². The quantitative estimate of drug-likeness (QED) is 0.427. The lowest BCUT2D eigenvalue weighted by molar-refractivity contribution is -0.384. The Labute approximate surface area is 167 Å². The van der Waals surface area contributed by atoms with E-state index in [1.165, 1.54) is 12.1 Å². The number of imidazole rings is 1. The zero-order valence-corrected chi connectivity index (χ0v) is 16.1. The van der Waals surface area contributed by atoms with Gasteiger partial charge in [0.05, 0.1) is 17.4 Å². The highest BCUT2D eigenvalue weighted by atomic mass is 16.6. The smallest absolute Gasteiger partial charge is 0.269 e. The molecule has 0 atom stereocenters. The molecule has 29 heavy (non-hydrogen) atoms. The highest BCUT2D eigenvalue weighted by Crippen LogP contribution is 2.27. The number of rotatable bonds is 6. The average molecular weight is 397 g/mol. The molecule has 3 aromatic rings. The maximum Gasteiger partial charge on any atom is 0.269 e. The minimum Gasteiger partial charge on any atom is -0.393 e. The van der Waals surface area contributed by atoms with E-state index in [2.05, 4.69) is 25.6 Å². The van der Waals surface area contributed by atoms with Gasteiger partial charge in [-0.2, -0.15) is 9.97 Å². The molecule has 2 heterocycles. The van der Waals surface area contributed by atoms with Crippen LogP contribution in [-0.4, -0.2) is 41.7 Å². The Morgan fingerprint density at radius 2 is 1.93 bits per heavy atom. The van der Waals surface area contributed by atoms with Gasteiger partial charge < -0.3 is 20.3 Å². The van der Waals surface area contributed by atoms with Crippen molar-refractivity contribution in [2.75, 3.05) is 10.6 Å². The van der Waals surface area contributed by atoms with Crippen LogP contribution in [0.4, 0.5) is 23.1 Å². The Hall–Kier alpha value is -3.27. The van der Waals surface area contributed by atoms with Gasteiger partial charge in [0.1, 0.15) is 0 Å². The first-order chi connectivity index (χ1) is 14.0. The Bertz CT molecular complexity index is 1010. The van der Waals surface area contributed by atoms with Crippen molar-refractivity contribution in [1.82, 2.24) is 19.5 Å². The Kier molecular flexibility index (Phi) is 5.26. The van der Waals surface area contributed by atoms with E-state index in [-0.39, 0.29) is 17.8 Å². The highest BCUT2D eigenvalue weighted by Gasteiger charge is 2.21. The third-order valence-electron chi connectivity index (χ3n) is 5.18. The number of nitro groups is 1. The van der Waals surface area contributed by atoms with Crippen LogP contribution in [-0.2, 0) is 6.54 Å². The third kappa shape index (κ3) is 4.11. The van der Waals surface area contributed by atoms with Gasteiger partial charge in [-0.3, -0.25) is 10.1 Å². The molecule has 0 spiro atoms. The van der Waals surface area contributed by atoms with Crippen LogP contribution in [0.15, 0.2) is 30.6 Å². The van der Waals surface area contributed by atoms with E-state index in [4.69, 9.17) is 0 Å². The minimum absolute atomic E-state index is 0.0282. The van der Waals surface area contributed by atoms with Gasteiger partial charge >= 0.3 is 0 Å². The third-order valence-corrected chi connectivity index (χ3v) is 5.18. The van der Waals surface area contributed by atoms with Gasteiger partial charge in [0.25, 0.3) is 5.69 Å². The van der Waals surface area contributed by atoms with Crippen molar-refractivity contribution in [2.24, 2.45) is 0 Å². The lowest BCUT2D eigenvalue weighted by Crippen LogP contribution is -2.29. The average Bonchev–Trinajstić information content (AvgIpc) is 3.13. The summed E-state index contributed by atoms with van der Waals surface area (Å²) in [5.41, 5.74) is 2.05. The van der Waals surface area contributed by atoms with Crippen molar-refractivity contribution >= 4 is 34.3 Å². The van der Waals surface area contributed by atoms with E-state index in [1.807, 2.05) is 11.5 Å². The molecule has 1 aromatic carbocycles. The number of fused-ring (bicyclic) bond motifs is 1.